The Bertz CT molecular complexity index is 1340. The molecule has 0 bridgehead atoms. The number of rotatable bonds is 4. The predicted octanol–water partition coefficient (Wildman–Crippen LogP) is 4.25. The quantitative estimate of drug-likeness (QED) is 0.501. The van der Waals surface area contributed by atoms with E-state index in [-0.39, 0.29) is 17.1 Å². The average Bonchev–Trinajstić information content (AvgIpc) is 3.07. The molecule has 0 radical (unpaired) electrons. The van der Waals surface area contributed by atoms with E-state index in [0.717, 1.165) is 16.7 Å². The van der Waals surface area contributed by atoms with Crippen molar-refractivity contribution in [3.8, 4) is 5.75 Å². The number of pyridine rings is 1. The maximum atomic E-state index is 13.5. The lowest BCUT2D eigenvalue weighted by Gasteiger charge is -2.25. The van der Waals surface area contributed by atoms with E-state index < -0.39 is 6.04 Å². The number of ether oxygens (including phenoxy) is 1. The van der Waals surface area contributed by atoms with Crippen LogP contribution in [-0.2, 0) is 6.54 Å². The standard InChI is InChI=1S/C25H20N2O4/c1-15-5-10-20-19(12-15)23(28)21-22(17-6-8-18(30-2)9-7-17)27(25(29)24(21)31-20)14-16-4-3-11-26-13-16/h3-13,22H,14H2,1-2H3/t22-/m0/s1. The highest BCUT2D eigenvalue weighted by atomic mass is 16.5. The second kappa shape index (κ2) is 7.40. The van der Waals surface area contributed by atoms with Gasteiger partial charge in [-0.25, -0.2) is 0 Å². The Morgan fingerprint density at radius 3 is 2.61 bits per heavy atom. The number of amides is 1. The van der Waals surface area contributed by atoms with Gasteiger partial charge in [-0.15, -0.1) is 0 Å². The second-order valence-corrected chi connectivity index (χ2v) is 7.64. The largest absolute Gasteiger partial charge is 0.497 e. The van der Waals surface area contributed by atoms with Crippen molar-refractivity contribution in [3.05, 3.63) is 105 Å². The minimum atomic E-state index is -0.560. The molecule has 6 nitrogen and oxygen atoms in total. The molecule has 1 aliphatic rings. The molecule has 1 atom stereocenters. The van der Waals surface area contributed by atoms with Crippen LogP contribution in [0.5, 0.6) is 5.75 Å². The number of nitrogens with zero attached hydrogens (tertiary/aromatic N) is 2. The van der Waals surface area contributed by atoms with Crippen LogP contribution < -0.4 is 10.2 Å². The third-order valence-corrected chi connectivity index (χ3v) is 5.63. The second-order valence-electron chi connectivity index (χ2n) is 7.64. The van der Waals surface area contributed by atoms with Gasteiger partial charge < -0.3 is 14.1 Å². The van der Waals surface area contributed by atoms with Crippen LogP contribution in [0.3, 0.4) is 0 Å². The zero-order valence-electron chi connectivity index (χ0n) is 17.2. The molecule has 31 heavy (non-hydrogen) atoms. The number of aryl methyl sites for hydroxylation is 1. The molecule has 5 rings (SSSR count). The van der Waals surface area contributed by atoms with Gasteiger partial charge in [0, 0.05) is 18.9 Å². The molecule has 2 aromatic heterocycles. The molecule has 2 aromatic carbocycles. The van der Waals surface area contributed by atoms with Gasteiger partial charge in [-0.1, -0.05) is 29.8 Å². The normalized spacial score (nSPS) is 15.4. The van der Waals surface area contributed by atoms with Crippen molar-refractivity contribution in [1.29, 1.82) is 0 Å². The number of aromatic nitrogens is 1. The van der Waals surface area contributed by atoms with E-state index in [4.69, 9.17) is 9.15 Å². The number of carbonyl (C=O) groups excluding carboxylic acids is 1. The smallest absolute Gasteiger partial charge is 0.291 e. The van der Waals surface area contributed by atoms with Crippen molar-refractivity contribution in [2.45, 2.75) is 19.5 Å². The molecule has 0 N–H and O–H groups in total. The van der Waals surface area contributed by atoms with E-state index in [1.165, 1.54) is 0 Å². The van der Waals surface area contributed by atoms with Crippen LogP contribution in [0.1, 0.15) is 38.9 Å². The van der Waals surface area contributed by atoms with Gasteiger partial charge in [-0.05, 0) is 48.4 Å². The SMILES string of the molecule is COc1ccc([C@H]2c3c(oc4ccc(C)cc4c3=O)C(=O)N2Cc2cccnc2)cc1. The summed E-state index contributed by atoms with van der Waals surface area (Å²) >= 11 is 0. The van der Waals surface area contributed by atoms with Crippen molar-refractivity contribution in [2.24, 2.45) is 0 Å². The topological polar surface area (TPSA) is 72.6 Å². The van der Waals surface area contributed by atoms with Crippen molar-refractivity contribution in [3.63, 3.8) is 0 Å². The Balaban J connectivity index is 1.72. The Morgan fingerprint density at radius 2 is 1.90 bits per heavy atom. The van der Waals surface area contributed by atoms with Crippen LogP contribution in [0, 0.1) is 6.92 Å². The monoisotopic (exact) mass is 412 g/mol. The third-order valence-electron chi connectivity index (χ3n) is 5.63. The molecule has 4 aromatic rings. The summed E-state index contributed by atoms with van der Waals surface area (Å²) in [6.07, 6.45) is 3.40. The minimum absolute atomic E-state index is 0.103. The number of fused-ring (bicyclic) bond motifs is 2. The van der Waals surface area contributed by atoms with Crippen molar-refractivity contribution in [2.75, 3.05) is 7.11 Å². The summed E-state index contributed by atoms with van der Waals surface area (Å²) in [4.78, 5) is 32.8. The van der Waals surface area contributed by atoms with Crippen LogP contribution in [0.25, 0.3) is 11.0 Å². The first-order valence-electron chi connectivity index (χ1n) is 9.98. The van der Waals surface area contributed by atoms with Crippen LogP contribution in [-0.4, -0.2) is 22.9 Å². The zero-order chi connectivity index (χ0) is 21.5. The number of hydrogen-bond acceptors (Lipinski definition) is 5. The minimum Gasteiger partial charge on any atom is -0.497 e. The van der Waals surface area contributed by atoms with Crippen LogP contribution in [0.15, 0.2) is 76.2 Å². The molecule has 0 saturated carbocycles. The van der Waals surface area contributed by atoms with Gasteiger partial charge in [0.1, 0.15) is 11.3 Å². The lowest BCUT2D eigenvalue weighted by molar-refractivity contribution is 0.0714. The molecule has 0 unspecified atom stereocenters. The first-order chi connectivity index (χ1) is 15.1. The number of methoxy groups -OCH3 is 1. The van der Waals surface area contributed by atoms with Crippen molar-refractivity contribution < 1.29 is 13.9 Å². The van der Waals surface area contributed by atoms with Crippen LogP contribution in [0.2, 0.25) is 0 Å². The van der Waals surface area contributed by atoms with Crippen molar-refractivity contribution >= 4 is 16.9 Å². The van der Waals surface area contributed by atoms with E-state index >= 15 is 0 Å². The molecular formula is C25H20N2O4. The predicted molar refractivity (Wildman–Crippen MR) is 116 cm³/mol. The molecule has 0 aliphatic carbocycles. The Labute approximate surface area is 178 Å². The summed E-state index contributed by atoms with van der Waals surface area (Å²) in [6, 6.07) is 16.0. The Kier molecular flexibility index (Phi) is 4.55. The van der Waals surface area contributed by atoms with E-state index in [1.807, 2.05) is 49.4 Å². The van der Waals surface area contributed by atoms with Crippen LogP contribution in [0.4, 0.5) is 0 Å². The fourth-order valence-electron chi connectivity index (χ4n) is 4.12. The van der Waals surface area contributed by atoms with E-state index in [1.54, 1.807) is 36.5 Å². The molecule has 0 saturated heterocycles. The summed E-state index contributed by atoms with van der Waals surface area (Å²) < 4.78 is 11.3. The third kappa shape index (κ3) is 3.17. The van der Waals surface area contributed by atoms with E-state index in [2.05, 4.69) is 4.98 Å². The average molecular weight is 412 g/mol. The molecule has 1 aliphatic heterocycles. The first-order valence-corrected chi connectivity index (χ1v) is 9.98. The summed E-state index contributed by atoms with van der Waals surface area (Å²) in [5.41, 5.74) is 3.25. The lowest BCUT2D eigenvalue weighted by Crippen LogP contribution is -2.29. The van der Waals surface area contributed by atoms with Gasteiger partial charge in [-0.3, -0.25) is 14.6 Å². The fourth-order valence-corrected chi connectivity index (χ4v) is 4.12. The molecule has 154 valence electrons. The first kappa shape index (κ1) is 19.1. The van der Waals surface area contributed by atoms with Gasteiger partial charge >= 0.3 is 0 Å². The summed E-state index contributed by atoms with van der Waals surface area (Å²) in [7, 11) is 1.60. The molecule has 3 heterocycles. The molecule has 6 heteroatoms. The molecule has 1 amide bonds. The lowest BCUT2D eigenvalue weighted by atomic mass is 9.98. The maximum absolute atomic E-state index is 13.5. The zero-order valence-corrected chi connectivity index (χ0v) is 17.2. The summed E-state index contributed by atoms with van der Waals surface area (Å²) in [5.74, 6) is 0.499. The maximum Gasteiger partial charge on any atom is 0.291 e. The molecular weight excluding hydrogens is 392 g/mol. The number of carbonyl (C=O) groups is 1. The van der Waals surface area contributed by atoms with Crippen LogP contribution >= 0.6 is 0 Å². The fraction of sp³-hybridized carbons (Fsp3) is 0.160. The summed E-state index contributed by atoms with van der Waals surface area (Å²) in [6.45, 7) is 2.23. The molecule has 0 fully saturated rings. The van der Waals surface area contributed by atoms with Crippen molar-refractivity contribution in [1.82, 2.24) is 9.88 Å². The van der Waals surface area contributed by atoms with Gasteiger partial charge in [0.2, 0.25) is 5.76 Å². The summed E-state index contributed by atoms with van der Waals surface area (Å²) in [5, 5.41) is 0.480. The highest BCUT2D eigenvalue weighted by Gasteiger charge is 2.42. The number of benzene rings is 2. The highest BCUT2D eigenvalue weighted by Crippen LogP contribution is 2.39. The van der Waals surface area contributed by atoms with Gasteiger partial charge in [-0.2, -0.15) is 0 Å². The van der Waals surface area contributed by atoms with E-state index in [0.29, 0.717) is 28.8 Å². The molecule has 0 spiro atoms. The van der Waals surface area contributed by atoms with E-state index in [9.17, 15) is 9.59 Å². The van der Waals surface area contributed by atoms with Gasteiger partial charge in [0.25, 0.3) is 5.91 Å². The Hall–Kier alpha value is -3.93. The number of hydrogen-bond donors (Lipinski definition) is 0. The Morgan fingerprint density at radius 1 is 1.10 bits per heavy atom. The van der Waals surface area contributed by atoms with Gasteiger partial charge in [0.05, 0.1) is 24.1 Å². The highest BCUT2D eigenvalue weighted by molar-refractivity contribution is 5.99. The van der Waals surface area contributed by atoms with Gasteiger partial charge in [0.15, 0.2) is 5.43 Å².